The third-order valence-electron chi connectivity index (χ3n) is 5.62. The van der Waals surface area contributed by atoms with Crippen molar-refractivity contribution in [3.63, 3.8) is 0 Å². The van der Waals surface area contributed by atoms with Gasteiger partial charge in [0.05, 0.1) is 16.9 Å². The molecule has 8 nitrogen and oxygen atoms in total. The lowest BCUT2D eigenvalue weighted by Crippen LogP contribution is -2.09. The summed E-state index contributed by atoms with van der Waals surface area (Å²) in [6.45, 7) is 1.98. The highest BCUT2D eigenvalue weighted by Crippen LogP contribution is 2.37. The summed E-state index contributed by atoms with van der Waals surface area (Å²) in [7, 11) is 0. The van der Waals surface area contributed by atoms with Crippen LogP contribution in [0.5, 0.6) is 0 Å². The summed E-state index contributed by atoms with van der Waals surface area (Å²) < 4.78 is 13.2. The Morgan fingerprint density at radius 2 is 1.76 bits per heavy atom. The van der Waals surface area contributed by atoms with Crippen LogP contribution in [0.15, 0.2) is 67.0 Å². The maximum Gasteiger partial charge on any atom is 0.353 e. The van der Waals surface area contributed by atoms with Gasteiger partial charge in [-0.05, 0) is 59.5 Å². The molecule has 0 bridgehead atoms. The van der Waals surface area contributed by atoms with Gasteiger partial charge in [-0.25, -0.2) is 14.4 Å². The first-order valence-corrected chi connectivity index (χ1v) is 11.7. The summed E-state index contributed by atoms with van der Waals surface area (Å²) in [5, 5.41) is 28.5. The van der Waals surface area contributed by atoms with Crippen LogP contribution in [0.25, 0.3) is 0 Å². The number of nitro groups is 1. The van der Waals surface area contributed by atoms with Crippen LogP contribution in [0.3, 0.4) is 0 Å². The zero-order valence-corrected chi connectivity index (χ0v) is 20.9. The van der Waals surface area contributed by atoms with Crippen LogP contribution in [-0.2, 0) is 6.54 Å². The Morgan fingerprint density at radius 1 is 1.08 bits per heavy atom. The molecular formula is C26H19Cl2FN6O2. The second-order valence-corrected chi connectivity index (χ2v) is 8.93. The molecule has 11 heteroatoms. The predicted molar refractivity (Wildman–Crippen MR) is 141 cm³/mol. The van der Waals surface area contributed by atoms with E-state index in [1.807, 2.05) is 0 Å². The van der Waals surface area contributed by atoms with Gasteiger partial charge in [0, 0.05) is 22.3 Å². The van der Waals surface area contributed by atoms with E-state index in [0.29, 0.717) is 26.9 Å². The van der Waals surface area contributed by atoms with E-state index in [1.165, 1.54) is 18.5 Å². The first-order chi connectivity index (χ1) is 17.8. The van der Waals surface area contributed by atoms with Gasteiger partial charge >= 0.3 is 5.69 Å². The molecule has 37 heavy (non-hydrogen) atoms. The Balaban J connectivity index is 1.63. The van der Waals surface area contributed by atoms with E-state index in [1.54, 1.807) is 55.5 Å². The maximum absolute atomic E-state index is 13.2. The number of aromatic nitrogens is 2. The molecule has 0 saturated carbocycles. The smallest absolute Gasteiger partial charge is 0.353 e. The fraction of sp³-hybridized carbons (Fsp3) is 0.115. The van der Waals surface area contributed by atoms with Gasteiger partial charge in [0.2, 0.25) is 11.6 Å². The minimum Gasteiger partial charge on any atom is -0.360 e. The molecule has 0 fully saturated rings. The summed E-state index contributed by atoms with van der Waals surface area (Å²) in [5.74, 6) is -1.05. The largest absolute Gasteiger partial charge is 0.360 e. The van der Waals surface area contributed by atoms with Crippen molar-refractivity contribution >= 4 is 46.2 Å². The second-order valence-electron chi connectivity index (χ2n) is 8.08. The number of nitrogens with one attached hydrogen (secondary N) is 2. The van der Waals surface area contributed by atoms with Gasteiger partial charge in [0.15, 0.2) is 0 Å². The summed E-state index contributed by atoms with van der Waals surface area (Å²) in [6.07, 6.45) is 1.19. The molecule has 0 aliphatic carbocycles. The molecule has 1 aromatic heterocycles. The minimum absolute atomic E-state index is 0.000483. The molecule has 3 aromatic carbocycles. The van der Waals surface area contributed by atoms with Crippen molar-refractivity contribution in [3.8, 4) is 6.07 Å². The molecule has 0 aliphatic heterocycles. The van der Waals surface area contributed by atoms with Crippen LogP contribution in [-0.4, -0.2) is 14.9 Å². The lowest BCUT2D eigenvalue weighted by atomic mass is 9.91. The fourth-order valence-electron chi connectivity index (χ4n) is 3.73. The standard InChI is InChI=1S/C26H19Cl2FN6O2/c1-15-10-20(21(12-30)17-4-6-18(27)7-5-17)22(28)11-23(15)34-26-24(35(36)37)25(32-14-33-26)31-13-16-2-8-19(29)9-3-16/h2-11,14,21H,13H2,1H3,(H2,31,32,33,34). The average Bonchev–Trinajstić information content (AvgIpc) is 2.88. The van der Waals surface area contributed by atoms with Crippen molar-refractivity contribution in [2.24, 2.45) is 0 Å². The Bertz CT molecular complexity index is 1490. The molecule has 0 saturated heterocycles. The zero-order chi connectivity index (χ0) is 26.5. The van der Waals surface area contributed by atoms with Gasteiger partial charge in [0.25, 0.3) is 0 Å². The molecule has 2 N–H and O–H groups in total. The summed E-state index contributed by atoms with van der Waals surface area (Å²) in [4.78, 5) is 19.4. The minimum atomic E-state index is -0.631. The predicted octanol–water partition coefficient (Wildman–Crippen LogP) is 7.15. The van der Waals surface area contributed by atoms with Gasteiger partial charge in [-0.3, -0.25) is 10.1 Å². The van der Waals surface area contributed by atoms with Gasteiger partial charge in [-0.15, -0.1) is 0 Å². The van der Waals surface area contributed by atoms with Crippen molar-refractivity contribution in [3.05, 3.63) is 115 Å². The molecular weight excluding hydrogens is 518 g/mol. The summed E-state index contributed by atoms with van der Waals surface area (Å²) >= 11 is 12.5. The highest BCUT2D eigenvalue weighted by atomic mass is 35.5. The van der Waals surface area contributed by atoms with E-state index in [0.717, 1.165) is 11.1 Å². The number of anilines is 3. The highest BCUT2D eigenvalue weighted by Gasteiger charge is 2.24. The van der Waals surface area contributed by atoms with Crippen LogP contribution in [0.1, 0.15) is 28.2 Å². The van der Waals surface area contributed by atoms with Crippen molar-refractivity contribution in [2.75, 3.05) is 10.6 Å². The molecule has 0 aliphatic rings. The SMILES string of the molecule is Cc1cc(C(C#N)c2ccc(Cl)cc2)c(Cl)cc1Nc1ncnc(NCc2ccc(F)cc2)c1[N+](=O)[O-]. The molecule has 1 atom stereocenters. The third kappa shape index (κ3) is 5.94. The van der Waals surface area contributed by atoms with Crippen LogP contribution < -0.4 is 10.6 Å². The number of hydrogen-bond acceptors (Lipinski definition) is 7. The highest BCUT2D eigenvalue weighted by molar-refractivity contribution is 6.32. The normalized spacial score (nSPS) is 11.4. The molecule has 1 heterocycles. The number of hydrogen-bond donors (Lipinski definition) is 2. The zero-order valence-electron chi connectivity index (χ0n) is 19.4. The lowest BCUT2D eigenvalue weighted by molar-refractivity contribution is -0.383. The van der Waals surface area contributed by atoms with Crippen molar-refractivity contribution in [1.29, 1.82) is 5.26 Å². The number of nitrogens with zero attached hydrogens (tertiary/aromatic N) is 4. The molecule has 0 radical (unpaired) electrons. The van der Waals surface area contributed by atoms with Gasteiger partial charge in [-0.2, -0.15) is 5.26 Å². The first-order valence-electron chi connectivity index (χ1n) is 11.0. The van der Waals surface area contributed by atoms with Gasteiger partial charge in [-0.1, -0.05) is 53.5 Å². The number of benzene rings is 3. The molecule has 4 aromatic rings. The van der Waals surface area contributed by atoms with Crippen LogP contribution >= 0.6 is 23.2 Å². The lowest BCUT2D eigenvalue weighted by Gasteiger charge is -2.17. The number of aryl methyl sites for hydroxylation is 1. The van der Waals surface area contributed by atoms with Gasteiger partial charge < -0.3 is 10.6 Å². The topological polar surface area (TPSA) is 117 Å². The van der Waals surface area contributed by atoms with Crippen molar-refractivity contribution in [1.82, 2.24) is 9.97 Å². The van der Waals surface area contributed by atoms with Crippen LogP contribution in [0.2, 0.25) is 10.0 Å². The summed E-state index contributed by atoms with van der Waals surface area (Å²) in [6, 6.07) is 18.3. The second kappa shape index (κ2) is 11.2. The number of nitriles is 1. The first kappa shape index (κ1) is 25.8. The Labute approximate surface area is 221 Å². The van der Waals surface area contributed by atoms with Gasteiger partial charge in [0.1, 0.15) is 12.1 Å². The molecule has 0 spiro atoms. The molecule has 186 valence electrons. The van der Waals surface area contributed by atoms with Crippen LogP contribution in [0.4, 0.5) is 27.4 Å². The fourth-order valence-corrected chi connectivity index (χ4v) is 4.13. The Hall–Kier alpha value is -4.26. The van der Waals surface area contributed by atoms with Crippen LogP contribution in [0, 0.1) is 34.2 Å². The maximum atomic E-state index is 13.2. The Kier molecular flexibility index (Phi) is 7.82. The van der Waals surface area contributed by atoms with Crippen molar-refractivity contribution < 1.29 is 9.31 Å². The molecule has 4 rings (SSSR count). The van der Waals surface area contributed by atoms with Crippen molar-refractivity contribution in [2.45, 2.75) is 19.4 Å². The van der Waals surface area contributed by atoms with E-state index >= 15 is 0 Å². The number of rotatable bonds is 8. The quantitative estimate of drug-likeness (QED) is 0.181. The molecule has 1 unspecified atom stereocenters. The van der Waals surface area contributed by atoms with E-state index in [-0.39, 0.29) is 29.7 Å². The monoisotopic (exact) mass is 536 g/mol. The van der Waals surface area contributed by atoms with E-state index < -0.39 is 10.8 Å². The summed E-state index contributed by atoms with van der Waals surface area (Å²) in [5.41, 5.74) is 2.86. The molecule has 0 amide bonds. The van der Waals surface area contributed by atoms with E-state index in [2.05, 4.69) is 26.7 Å². The van der Waals surface area contributed by atoms with E-state index in [9.17, 15) is 19.8 Å². The number of halogens is 3. The Morgan fingerprint density at radius 3 is 2.41 bits per heavy atom. The average molecular weight is 537 g/mol. The third-order valence-corrected chi connectivity index (χ3v) is 6.20. The van der Waals surface area contributed by atoms with E-state index in [4.69, 9.17) is 23.2 Å².